The first-order valence-electron chi connectivity index (χ1n) is 8.52. The molecular weight excluding hydrogens is 346 g/mol. The number of fused-ring (bicyclic) bond motifs is 1. The van der Waals surface area contributed by atoms with Crippen molar-refractivity contribution in [3.05, 3.63) is 65.6 Å². The maximum atomic E-state index is 12.2. The fraction of sp³-hybridized carbons (Fsp3) is 0.200. The van der Waals surface area contributed by atoms with Gasteiger partial charge in [-0.2, -0.15) is 0 Å². The minimum atomic E-state index is -0.656. The summed E-state index contributed by atoms with van der Waals surface area (Å²) in [5, 5.41) is 2.70. The summed E-state index contributed by atoms with van der Waals surface area (Å²) in [6.45, 7) is 3.31. The summed E-state index contributed by atoms with van der Waals surface area (Å²) < 4.78 is 6.80. The van der Waals surface area contributed by atoms with Gasteiger partial charge in [-0.3, -0.25) is 9.59 Å². The number of Topliss-reactive ketones (excluding diaryl/α,β-unsaturated/α-hetero) is 1. The van der Waals surface area contributed by atoms with Gasteiger partial charge in [0.15, 0.2) is 18.1 Å². The maximum Gasteiger partial charge on any atom is 0.359 e. The highest BCUT2D eigenvalue weighted by Gasteiger charge is 2.15. The molecule has 2 heterocycles. The molecule has 0 radical (unpaired) electrons. The summed E-state index contributed by atoms with van der Waals surface area (Å²) in [4.78, 5) is 39.9. The highest BCUT2D eigenvalue weighted by atomic mass is 16.5. The largest absolute Gasteiger partial charge is 0.453 e. The molecule has 2 aromatic heterocycles. The van der Waals surface area contributed by atoms with Gasteiger partial charge in [0.25, 0.3) is 0 Å². The first-order chi connectivity index (χ1) is 13.0. The molecule has 0 aliphatic carbocycles. The number of aryl methyl sites for hydroxylation is 1. The predicted molar refractivity (Wildman–Crippen MR) is 99.9 cm³/mol. The van der Waals surface area contributed by atoms with Gasteiger partial charge in [0.2, 0.25) is 5.91 Å². The Morgan fingerprint density at radius 1 is 1.15 bits per heavy atom. The van der Waals surface area contributed by atoms with E-state index in [0.717, 1.165) is 5.56 Å². The molecule has 0 atom stereocenters. The number of nitrogens with zero attached hydrogens (tertiary/aromatic N) is 2. The standard InChI is InChI=1S/C20H19N3O4/c1-3-19(25)21-15-6-4-14(5-7-15)17(24)12-27-20(26)16-11-23-9-8-13(2)10-18(23)22-16/h4-11H,3,12H2,1-2H3,(H,21,25). The van der Waals surface area contributed by atoms with E-state index in [0.29, 0.717) is 23.3 Å². The van der Waals surface area contributed by atoms with Crippen molar-refractivity contribution in [3.63, 3.8) is 0 Å². The summed E-state index contributed by atoms with van der Waals surface area (Å²) in [7, 11) is 0. The highest BCUT2D eigenvalue weighted by molar-refractivity contribution is 5.99. The van der Waals surface area contributed by atoms with E-state index in [-0.39, 0.29) is 24.0 Å². The smallest absolute Gasteiger partial charge is 0.359 e. The normalized spacial score (nSPS) is 10.6. The number of aromatic nitrogens is 2. The topological polar surface area (TPSA) is 89.8 Å². The number of amides is 1. The van der Waals surface area contributed by atoms with Crippen LogP contribution in [-0.4, -0.2) is 33.7 Å². The minimum Gasteiger partial charge on any atom is -0.453 e. The van der Waals surface area contributed by atoms with Crippen LogP contribution in [-0.2, 0) is 9.53 Å². The van der Waals surface area contributed by atoms with Gasteiger partial charge in [0, 0.05) is 30.1 Å². The Morgan fingerprint density at radius 3 is 2.59 bits per heavy atom. The zero-order valence-corrected chi connectivity index (χ0v) is 15.1. The number of pyridine rings is 1. The molecular formula is C20H19N3O4. The number of anilines is 1. The zero-order chi connectivity index (χ0) is 19.4. The lowest BCUT2D eigenvalue weighted by Crippen LogP contribution is -2.15. The van der Waals surface area contributed by atoms with Crippen LogP contribution in [0.4, 0.5) is 5.69 Å². The molecule has 27 heavy (non-hydrogen) atoms. The summed E-state index contributed by atoms with van der Waals surface area (Å²) >= 11 is 0. The van der Waals surface area contributed by atoms with Crippen LogP contribution in [0.2, 0.25) is 0 Å². The van der Waals surface area contributed by atoms with Crippen LogP contribution >= 0.6 is 0 Å². The molecule has 0 fully saturated rings. The van der Waals surface area contributed by atoms with Crippen LogP contribution in [0.15, 0.2) is 48.8 Å². The summed E-state index contributed by atoms with van der Waals surface area (Å²) in [6, 6.07) is 10.2. The second kappa shape index (κ2) is 7.82. The van der Waals surface area contributed by atoms with Gasteiger partial charge in [-0.15, -0.1) is 0 Å². The third kappa shape index (κ3) is 4.38. The number of carbonyl (C=O) groups is 3. The fourth-order valence-corrected chi connectivity index (χ4v) is 2.46. The van der Waals surface area contributed by atoms with E-state index in [1.165, 1.54) is 0 Å². The summed E-state index contributed by atoms with van der Waals surface area (Å²) in [6.07, 6.45) is 3.74. The number of nitrogens with one attached hydrogen (secondary N) is 1. The Hall–Kier alpha value is -3.48. The lowest BCUT2D eigenvalue weighted by molar-refractivity contribution is -0.115. The monoisotopic (exact) mass is 365 g/mol. The predicted octanol–water partition coefficient (Wildman–Crippen LogP) is 3.03. The number of ether oxygens (including phenoxy) is 1. The molecule has 7 heteroatoms. The average molecular weight is 365 g/mol. The van der Waals surface area contributed by atoms with E-state index in [9.17, 15) is 14.4 Å². The molecule has 1 aromatic carbocycles. The van der Waals surface area contributed by atoms with Crippen LogP contribution in [0.5, 0.6) is 0 Å². The van der Waals surface area contributed by atoms with Gasteiger partial charge in [0.1, 0.15) is 5.65 Å². The second-order valence-electron chi connectivity index (χ2n) is 6.07. The fourth-order valence-electron chi connectivity index (χ4n) is 2.46. The van der Waals surface area contributed by atoms with Crippen LogP contribution in [0.1, 0.15) is 39.8 Å². The summed E-state index contributed by atoms with van der Waals surface area (Å²) in [5.41, 5.74) is 2.81. The molecule has 0 aliphatic rings. The van der Waals surface area contributed by atoms with Gasteiger partial charge < -0.3 is 14.5 Å². The molecule has 0 saturated carbocycles. The molecule has 3 rings (SSSR count). The molecule has 3 aromatic rings. The first kappa shape index (κ1) is 18.3. The molecule has 0 saturated heterocycles. The second-order valence-corrected chi connectivity index (χ2v) is 6.07. The lowest BCUT2D eigenvalue weighted by Gasteiger charge is -2.05. The minimum absolute atomic E-state index is 0.106. The Balaban J connectivity index is 1.60. The van der Waals surface area contributed by atoms with Crippen molar-refractivity contribution in [2.75, 3.05) is 11.9 Å². The number of carbonyl (C=O) groups excluding carboxylic acids is 3. The van der Waals surface area contributed by atoms with Gasteiger partial charge in [-0.25, -0.2) is 9.78 Å². The average Bonchev–Trinajstić information content (AvgIpc) is 3.09. The van der Waals surface area contributed by atoms with Crippen molar-refractivity contribution in [2.24, 2.45) is 0 Å². The Morgan fingerprint density at radius 2 is 1.89 bits per heavy atom. The Bertz CT molecular complexity index is 1010. The summed E-state index contributed by atoms with van der Waals surface area (Å²) in [5.74, 6) is -1.10. The Labute approximate surface area is 156 Å². The lowest BCUT2D eigenvalue weighted by atomic mass is 10.1. The van der Waals surface area contributed by atoms with Crippen molar-refractivity contribution in [1.82, 2.24) is 9.38 Å². The first-order valence-corrected chi connectivity index (χ1v) is 8.52. The van der Waals surface area contributed by atoms with E-state index in [1.54, 1.807) is 48.0 Å². The van der Waals surface area contributed by atoms with Crippen LogP contribution in [0, 0.1) is 6.92 Å². The van der Waals surface area contributed by atoms with Crippen molar-refractivity contribution < 1.29 is 19.1 Å². The molecule has 0 unspecified atom stereocenters. The van der Waals surface area contributed by atoms with Crippen LogP contribution in [0.25, 0.3) is 5.65 Å². The van der Waals surface area contributed by atoms with Crippen molar-refractivity contribution >= 4 is 29.0 Å². The SMILES string of the molecule is CCC(=O)Nc1ccc(C(=O)COC(=O)c2cn3ccc(C)cc3n2)cc1. The van der Waals surface area contributed by atoms with Gasteiger partial charge in [0.05, 0.1) is 0 Å². The van der Waals surface area contributed by atoms with E-state index in [1.807, 2.05) is 19.1 Å². The number of imidazole rings is 1. The van der Waals surface area contributed by atoms with E-state index in [2.05, 4.69) is 10.3 Å². The van der Waals surface area contributed by atoms with Crippen molar-refractivity contribution in [3.8, 4) is 0 Å². The van der Waals surface area contributed by atoms with E-state index in [4.69, 9.17) is 4.74 Å². The number of rotatable bonds is 6. The van der Waals surface area contributed by atoms with E-state index >= 15 is 0 Å². The number of benzene rings is 1. The molecule has 1 N–H and O–H groups in total. The van der Waals surface area contributed by atoms with Crippen LogP contribution < -0.4 is 5.32 Å². The van der Waals surface area contributed by atoms with Crippen molar-refractivity contribution in [1.29, 1.82) is 0 Å². The van der Waals surface area contributed by atoms with Crippen molar-refractivity contribution in [2.45, 2.75) is 20.3 Å². The van der Waals surface area contributed by atoms with Crippen LogP contribution in [0.3, 0.4) is 0 Å². The molecule has 7 nitrogen and oxygen atoms in total. The third-order valence-corrected chi connectivity index (χ3v) is 3.97. The number of ketones is 1. The number of esters is 1. The molecule has 138 valence electrons. The number of hydrogen-bond acceptors (Lipinski definition) is 5. The molecule has 0 spiro atoms. The number of hydrogen-bond donors (Lipinski definition) is 1. The molecule has 1 amide bonds. The van der Waals surface area contributed by atoms with Gasteiger partial charge in [-0.05, 0) is 48.9 Å². The van der Waals surface area contributed by atoms with Gasteiger partial charge >= 0.3 is 5.97 Å². The molecule has 0 bridgehead atoms. The maximum absolute atomic E-state index is 12.2. The molecule has 0 aliphatic heterocycles. The highest BCUT2D eigenvalue weighted by Crippen LogP contribution is 2.12. The third-order valence-electron chi connectivity index (χ3n) is 3.97. The Kier molecular flexibility index (Phi) is 5.30. The zero-order valence-electron chi connectivity index (χ0n) is 15.1. The van der Waals surface area contributed by atoms with Gasteiger partial charge in [-0.1, -0.05) is 6.92 Å². The van der Waals surface area contributed by atoms with E-state index < -0.39 is 5.97 Å². The quantitative estimate of drug-likeness (QED) is 0.536.